The number of allylic oxidation sites excluding steroid dienone is 4. The standard InChI is InChI=1S/C25H30N4S/c1-3-9-22(29-15-6-5-7-16-29)20(4-2)27-24(18-11-12-18)25-19(26)13-14-21(28-25)23-10-8-17-30-23/h3-4,8-10,13-14,17,27H,2,5-7,11-12,15-16,26H2,1H3/b9-3-,22-20-. The number of aromatic nitrogens is 1. The second kappa shape index (κ2) is 9.35. The molecule has 1 saturated heterocycles. The van der Waals surface area contributed by atoms with Crippen molar-refractivity contribution < 1.29 is 0 Å². The molecule has 5 heteroatoms. The van der Waals surface area contributed by atoms with E-state index in [2.05, 4.69) is 53.4 Å². The summed E-state index contributed by atoms with van der Waals surface area (Å²) in [5, 5.41) is 5.76. The van der Waals surface area contributed by atoms with Crippen molar-refractivity contribution in [2.75, 3.05) is 18.8 Å². The van der Waals surface area contributed by atoms with Crippen molar-refractivity contribution in [2.45, 2.75) is 39.0 Å². The van der Waals surface area contributed by atoms with E-state index < -0.39 is 0 Å². The molecule has 1 saturated carbocycles. The van der Waals surface area contributed by atoms with Gasteiger partial charge in [-0.3, -0.25) is 0 Å². The Kier molecular flexibility index (Phi) is 6.38. The van der Waals surface area contributed by atoms with E-state index in [4.69, 9.17) is 10.7 Å². The lowest BCUT2D eigenvalue weighted by Crippen LogP contribution is -2.31. The molecule has 0 radical (unpaired) electrons. The molecule has 0 spiro atoms. The Hall–Kier alpha value is -2.79. The highest BCUT2D eigenvalue weighted by Crippen LogP contribution is 2.38. The van der Waals surface area contributed by atoms with E-state index in [0.29, 0.717) is 5.69 Å². The summed E-state index contributed by atoms with van der Waals surface area (Å²) >= 11 is 1.69. The van der Waals surface area contributed by atoms with Crippen LogP contribution in [0.3, 0.4) is 0 Å². The summed E-state index contributed by atoms with van der Waals surface area (Å²) in [6, 6.07) is 8.12. The zero-order valence-electron chi connectivity index (χ0n) is 17.7. The van der Waals surface area contributed by atoms with Gasteiger partial charge in [-0.1, -0.05) is 18.7 Å². The number of nitrogens with two attached hydrogens (primary N) is 1. The van der Waals surface area contributed by atoms with Gasteiger partial charge in [-0.05, 0) is 80.3 Å². The van der Waals surface area contributed by atoms with Gasteiger partial charge in [0, 0.05) is 13.1 Å². The van der Waals surface area contributed by atoms with E-state index in [1.165, 1.54) is 30.5 Å². The predicted octanol–water partition coefficient (Wildman–Crippen LogP) is 5.95. The maximum absolute atomic E-state index is 6.40. The minimum absolute atomic E-state index is 0.700. The van der Waals surface area contributed by atoms with Crippen LogP contribution in [0.5, 0.6) is 0 Å². The van der Waals surface area contributed by atoms with Gasteiger partial charge in [0.25, 0.3) is 0 Å². The minimum Gasteiger partial charge on any atom is -0.397 e. The fourth-order valence-corrected chi connectivity index (χ4v) is 4.57. The normalized spacial score (nSPS) is 17.1. The summed E-state index contributed by atoms with van der Waals surface area (Å²) in [6.45, 7) is 8.34. The lowest BCUT2D eigenvalue weighted by atomic mass is 10.1. The molecule has 4 rings (SSSR count). The molecule has 0 atom stereocenters. The Labute approximate surface area is 183 Å². The molecule has 156 valence electrons. The van der Waals surface area contributed by atoms with Crippen molar-refractivity contribution in [3.8, 4) is 10.6 Å². The van der Waals surface area contributed by atoms with Crippen LogP contribution in [0, 0.1) is 0 Å². The smallest absolute Gasteiger partial charge is 0.110 e. The molecule has 3 heterocycles. The van der Waals surface area contributed by atoms with E-state index in [-0.39, 0.29) is 0 Å². The van der Waals surface area contributed by atoms with Crippen LogP contribution in [0.15, 0.2) is 71.4 Å². The van der Waals surface area contributed by atoms with Crippen LogP contribution in [0.4, 0.5) is 5.69 Å². The van der Waals surface area contributed by atoms with Crippen LogP contribution >= 0.6 is 11.3 Å². The zero-order valence-corrected chi connectivity index (χ0v) is 18.5. The first-order chi connectivity index (χ1) is 14.7. The van der Waals surface area contributed by atoms with Crippen molar-refractivity contribution in [3.63, 3.8) is 0 Å². The van der Waals surface area contributed by atoms with Crippen LogP contribution in [-0.4, -0.2) is 23.0 Å². The lowest BCUT2D eigenvalue weighted by Gasteiger charge is -2.31. The van der Waals surface area contributed by atoms with Crippen LogP contribution in [-0.2, 0) is 0 Å². The number of piperidine rings is 1. The average molecular weight is 419 g/mol. The van der Waals surface area contributed by atoms with E-state index in [1.54, 1.807) is 11.3 Å². The van der Waals surface area contributed by atoms with Crippen LogP contribution in [0.1, 0.15) is 44.7 Å². The molecule has 2 aromatic rings. The maximum atomic E-state index is 6.40. The summed E-state index contributed by atoms with van der Waals surface area (Å²) < 4.78 is 0. The Balaban J connectivity index is 1.73. The fraction of sp³-hybridized carbons (Fsp3) is 0.320. The number of hydrogen-bond acceptors (Lipinski definition) is 5. The number of pyridine rings is 1. The summed E-state index contributed by atoms with van der Waals surface area (Å²) in [5.74, 6) is 0. The number of nitrogens with one attached hydrogen (secondary N) is 1. The third-order valence-corrected chi connectivity index (χ3v) is 6.44. The molecule has 4 nitrogen and oxygen atoms in total. The highest BCUT2D eigenvalue weighted by Gasteiger charge is 2.24. The Morgan fingerprint density at radius 1 is 1.20 bits per heavy atom. The van der Waals surface area contributed by atoms with Gasteiger partial charge in [0.05, 0.1) is 33.3 Å². The van der Waals surface area contributed by atoms with E-state index in [1.807, 2.05) is 18.2 Å². The second-order valence-electron chi connectivity index (χ2n) is 7.77. The van der Waals surface area contributed by atoms with Gasteiger partial charge in [-0.25, -0.2) is 4.98 Å². The Bertz CT molecular complexity index is 986. The molecule has 0 unspecified atom stereocenters. The monoisotopic (exact) mass is 418 g/mol. The van der Waals surface area contributed by atoms with Gasteiger partial charge in [0.2, 0.25) is 0 Å². The first-order valence-electron chi connectivity index (χ1n) is 10.8. The second-order valence-corrected chi connectivity index (χ2v) is 8.71. The van der Waals surface area contributed by atoms with Crippen molar-refractivity contribution in [1.29, 1.82) is 0 Å². The number of anilines is 1. The van der Waals surface area contributed by atoms with Crippen molar-refractivity contribution >= 4 is 22.7 Å². The van der Waals surface area contributed by atoms with Gasteiger partial charge >= 0.3 is 0 Å². The molecule has 2 aromatic heterocycles. The lowest BCUT2D eigenvalue weighted by molar-refractivity contribution is 0.290. The third kappa shape index (κ3) is 4.51. The van der Waals surface area contributed by atoms with Crippen LogP contribution < -0.4 is 11.1 Å². The summed E-state index contributed by atoms with van der Waals surface area (Å²) in [5.41, 5.74) is 13.5. The molecular weight excluding hydrogens is 388 g/mol. The molecule has 0 amide bonds. The highest BCUT2D eigenvalue weighted by molar-refractivity contribution is 7.13. The number of hydrogen-bond donors (Lipinski definition) is 2. The van der Waals surface area contributed by atoms with Crippen LogP contribution in [0.2, 0.25) is 0 Å². The molecule has 3 N–H and O–H groups in total. The largest absolute Gasteiger partial charge is 0.397 e. The number of thiophene rings is 1. The SMILES string of the molecule is C=C/C(NC(=C1CC1)c1nc(-c2cccs2)ccc1N)=C(\C=C/C)N1CCCCC1. The first-order valence-corrected chi connectivity index (χ1v) is 11.6. The maximum Gasteiger partial charge on any atom is 0.110 e. The van der Waals surface area contributed by atoms with E-state index >= 15 is 0 Å². The summed E-state index contributed by atoms with van der Waals surface area (Å²) in [4.78, 5) is 8.57. The Morgan fingerprint density at radius 3 is 2.63 bits per heavy atom. The van der Waals surface area contributed by atoms with E-state index in [9.17, 15) is 0 Å². The highest BCUT2D eigenvalue weighted by atomic mass is 32.1. The average Bonchev–Trinajstić information content (AvgIpc) is 3.47. The van der Waals surface area contributed by atoms with Crippen LogP contribution in [0.25, 0.3) is 16.3 Å². The number of rotatable bonds is 7. The number of likely N-dealkylation sites (tertiary alicyclic amines) is 1. The van der Waals surface area contributed by atoms with Gasteiger partial charge in [-0.15, -0.1) is 11.3 Å². The van der Waals surface area contributed by atoms with Gasteiger partial charge < -0.3 is 16.0 Å². The molecule has 1 aliphatic carbocycles. The molecule has 0 aromatic carbocycles. The molecule has 2 aliphatic rings. The molecule has 1 aliphatic heterocycles. The molecule has 2 fully saturated rings. The minimum atomic E-state index is 0.700. The third-order valence-electron chi connectivity index (χ3n) is 5.55. The number of nitrogen functional groups attached to an aromatic ring is 1. The summed E-state index contributed by atoms with van der Waals surface area (Å²) in [7, 11) is 0. The summed E-state index contributed by atoms with van der Waals surface area (Å²) in [6.07, 6.45) is 12.1. The molecule has 0 bridgehead atoms. The number of nitrogens with zero attached hydrogens (tertiary/aromatic N) is 2. The van der Waals surface area contributed by atoms with Gasteiger partial charge in [0.1, 0.15) is 5.69 Å². The fourth-order valence-electron chi connectivity index (χ4n) is 3.87. The van der Waals surface area contributed by atoms with Crippen molar-refractivity contribution in [3.05, 3.63) is 77.1 Å². The quantitative estimate of drug-likeness (QED) is 0.546. The molecule has 30 heavy (non-hydrogen) atoms. The van der Waals surface area contributed by atoms with E-state index in [0.717, 1.165) is 53.6 Å². The predicted molar refractivity (Wildman–Crippen MR) is 129 cm³/mol. The van der Waals surface area contributed by atoms with Crippen molar-refractivity contribution in [2.24, 2.45) is 0 Å². The zero-order chi connectivity index (χ0) is 20.9. The Morgan fingerprint density at radius 2 is 2.00 bits per heavy atom. The van der Waals surface area contributed by atoms with Gasteiger partial charge in [0.15, 0.2) is 0 Å². The first kappa shape index (κ1) is 20.5. The van der Waals surface area contributed by atoms with Gasteiger partial charge in [-0.2, -0.15) is 0 Å². The molecular formula is C25H30N4S. The topological polar surface area (TPSA) is 54.2 Å². The van der Waals surface area contributed by atoms with Crippen molar-refractivity contribution in [1.82, 2.24) is 15.2 Å².